The molecule has 168 valence electrons. The summed E-state index contributed by atoms with van der Waals surface area (Å²) < 4.78 is 20.5. The molecule has 0 saturated carbocycles. The molecule has 0 aliphatic rings. The second-order valence-electron chi connectivity index (χ2n) is 7.06. The third-order valence-electron chi connectivity index (χ3n) is 5.01. The predicted molar refractivity (Wildman–Crippen MR) is 122 cm³/mol. The van der Waals surface area contributed by atoms with Gasteiger partial charge in [0.05, 0.1) is 52.9 Å². The van der Waals surface area contributed by atoms with Crippen molar-refractivity contribution in [3.8, 4) is 16.9 Å². The minimum Gasteiger partial charge on any atom is -0.397 e. The molecule has 1 amide bonds. The molecule has 0 saturated heterocycles. The van der Waals surface area contributed by atoms with E-state index in [0.29, 0.717) is 28.2 Å². The van der Waals surface area contributed by atoms with E-state index in [1.165, 1.54) is 54.9 Å². The number of hydrogen-bond acceptors (Lipinski definition) is 7. The minimum absolute atomic E-state index is 0.167. The third-order valence-corrected chi connectivity index (χ3v) is 5.28. The van der Waals surface area contributed by atoms with Crippen LogP contribution in [0, 0.1) is 5.82 Å². The predicted octanol–water partition coefficient (Wildman–Crippen LogP) is 4.06. The topological polar surface area (TPSA) is 121 Å². The zero-order valence-corrected chi connectivity index (χ0v) is 18.4. The highest BCUT2D eigenvalue weighted by molar-refractivity contribution is 6.32. The number of carbonyl (C=O) groups is 1. The SMILES string of the molecule is COC(C)c1cc(C(=O)Nc2cnc(-n3nccn3)c(Cl)c2)c(F)cc1-c1ccncc1N. The smallest absolute Gasteiger partial charge is 0.258 e. The first kappa shape index (κ1) is 22.3. The largest absolute Gasteiger partial charge is 0.397 e. The average Bonchev–Trinajstić information content (AvgIpc) is 3.33. The number of anilines is 2. The van der Waals surface area contributed by atoms with Gasteiger partial charge >= 0.3 is 0 Å². The summed E-state index contributed by atoms with van der Waals surface area (Å²) in [5.41, 5.74) is 8.23. The van der Waals surface area contributed by atoms with Gasteiger partial charge < -0.3 is 15.8 Å². The number of nitrogens with two attached hydrogens (primary N) is 1. The van der Waals surface area contributed by atoms with E-state index in [-0.39, 0.29) is 16.3 Å². The van der Waals surface area contributed by atoms with Crippen molar-refractivity contribution >= 4 is 28.9 Å². The third kappa shape index (κ3) is 4.52. The molecule has 0 spiro atoms. The molecule has 3 N–H and O–H groups in total. The molecule has 3 aromatic heterocycles. The van der Waals surface area contributed by atoms with E-state index in [9.17, 15) is 4.79 Å². The van der Waals surface area contributed by atoms with Crippen molar-refractivity contribution in [2.45, 2.75) is 13.0 Å². The van der Waals surface area contributed by atoms with Gasteiger partial charge in [0.2, 0.25) is 0 Å². The summed E-state index contributed by atoms with van der Waals surface area (Å²) in [5.74, 6) is -1.10. The molecule has 0 aliphatic carbocycles. The fourth-order valence-corrected chi connectivity index (χ4v) is 3.52. The first-order chi connectivity index (χ1) is 15.9. The molecule has 0 aliphatic heterocycles. The second kappa shape index (κ2) is 9.31. The standard InChI is InChI=1S/C22H19ClFN7O2/c1-12(33-2)15-8-17(19(24)9-16(15)14-3-4-26-11-20(14)25)22(32)30-13-7-18(23)21(27-10-13)31-28-5-6-29-31/h3-12H,25H2,1-2H3,(H,30,32). The van der Waals surface area contributed by atoms with Crippen molar-refractivity contribution in [3.05, 3.63) is 77.2 Å². The Morgan fingerprint density at radius 2 is 1.94 bits per heavy atom. The highest BCUT2D eigenvalue weighted by Crippen LogP contribution is 2.35. The summed E-state index contributed by atoms with van der Waals surface area (Å²) >= 11 is 6.25. The summed E-state index contributed by atoms with van der Waals surface area (Å²) in [6.07, 6.45) is 6.96. The molecule has 1 aromatic carbocycles. The number of nitrogen functional groups attached to an aromatic ring is 1. The molecule has 0 fully saturated rings. The maximum absolute atomic E-state index is 15.1. The monoisotopic (exact) mass is 467 g/mol. The number of nitrogens with one attached hydrogen (secondary N) is 1. The van der Waals surface area contributed by atoms with Gasteiger partial charge in [-0.3, -0.25) is 9.78 Å². The Bertz CT molecular complexity index is 1310. The molecule has 3 heterocycles. The van der Waals surface area contributed by atoms with Gasteiger partial charge in [-0.25, -0.2) is 9.37 Å². The first-order valence-corrected chi connectivity index (χ1v) is 10.2. The number of benzene rings is 1. The number of hydrogen-bond donors (Lipinski definition) is 2. The van der Waals surface area contributed by atoms with E-state index in [0.717, 1.165) is 0 Å². The summed E-state index contributed by atoms with van der Waals surface area (Å²) in [7, 11) is 1.52. The highest BCUT2D eigenvalue weighted by atomic mass is 35.5. The second-order valence-corrected chi connectivity index (χ2v) is 7.47. The number of carbonyl (C=O) groups excluding carboxylic acids is 1. The van der Waals surface area contributed by atoms with Crippen LogP contribution in [0.5, 0.6) is 0 Å². The van der Waals surface area contributed by atoms with Crippen LogP contribution in [0.25, 0.3) is 16.9 Å². The lowest BCUT2D eigenvalue weighted by atomic mass is 9.93. The Morgan fingerprint density at radius 1 is 1.18 bits per heavy atom. The van der Waals surface area contributed by atoms with E-state index in [2.05, 4.69) is 25.5 Å². The van der Waals surface area contributed by atoms with E-state index < -0.39 is 17.8 Å². The van der Waals surface area contributed by atoms with Crippen LogP contribution in [0.3, 0.4) is 0 Å². The number of aromatic nitrogens is 5. The van der Waals surface area contributed by atoms with E-state index in [1.807, 2.05) is 0 Å². The molecule has 0 radical (unpaired) electrons. The van der Waals surface area contributed by atoms with Crippen LogP contribution in [0.2, 0.25) is 5.02 Å². The summed E-state index contributed by atoms with van der Waals surface area (Å²) in [6.45, 7) is 1.79. The molecule has 1 atom stereocenters. The molecule has 33 heavy (non-hydrogen) atoms. The fourth-order valence-electron chi connectivity index (χ4n) is 3.28. The summed E-state index contributed by atoms with van der Waals surface area (Å²) in [6, 6.07) is 5.88. The van der Waals surface area contributed by atoms with Crippen LogP contribution in [-0.4, -0.2) is 38.0 Å². The average molecular weight is 468 g/mol. The molecule has 9 nitrogen and oxygen atoms in total. The lowest BCUT2D eigenvalue weighted by Crippen LogP contribution is -2.16. The van der Waals surface area contributed by atoms with Crippen LogP contribution in [0.4, 0.5) is 15.8 Å². The van der Waals surface area contributed by atoms with Crippen LogP contribution in [-0.2, 0) is 4.74 Å². The molecular formula is C22H19ClFN7O2. The molecular weight excluding hydrogens is 449 g/mol. The Labute approximate surface area is 193 Å². The number of halogens is 2. The molecule has 11 heteroatoms. The van der Waals surface area contributed by atoms with Crippen LogP contribution in [0.15, 0.2) is 55.2 Å². The molecule has 1 unspecified atom stereocenters. The van der Waals surface area contributed by atoms with E-state index in [4.69, 9.17) is 22.1 Å². The normalized spacial score (nSPS) is 11.9. The maximum atomic E-state index is 15.1. The van der Waals surface area contributed by atoms with Gasteiger partial charge in [0.15, 0.2) is 5.82 Å². The number of rotatable bonds is 6. The number of methoxy groups -OCH3 is 1. The van der Waals surface area contributed by atoms with Crippen molar-refractivity contribution in [3.63, 3.8) is 0 Å². The summed E-state index contributed by atoms with van der Waals surface area (Å²) in [5, 5.41) is 10.8. The number of ether oxygens (including phenoxy) is 1. The van der Waals surface area contributed by atoms with Crippen molar-refractivity contribution in [1.29, 1.82) is 0 Å². The Kier molecular flexibility index (Phi) is 6.29. The zero-order chi connectivity index (χ0) is 23.5. The van der Waals surface area contributed by atoms with E-state index >= 15 is 4.39 Å². The quantitative estimate of drug-likeness (QED) is 0.438. The minimum atomic E-state index is -0.720. The van der Waals surface area contributed by atoms with Crippen molar-refractivity contribution in [2.24, 2.45) is 0 Å². The lowest BCUT2D eigenvalue weighted by molar-refractivity contribution is 0.102. The number of pyridine rings is 2. The highest BCUT2D eigenvalue weighted by Gasteiger charge is 2.21. The summed E-state index contributed by atoms with van der Waals surface area (Å²) in [4.78, 5) is 22.3. The van der Waals surface area contributed by atoms with Gasteiger partial charge in [0.1, 0.15) is 5.82 Å². The van der Waals surface area contributed by atoms with Crippen molar-refractivity contribution < 1.29 is 13.9 Å². The molecule has 4 rings (SSSR count). The Hall–Kier alpha value is -3.89. The van der Waals surface area contributed by atoms with Crippen molar-refractivity contribution in [2.75, 3.05) is 18.2 Å². The molecule has 4 aromatic rings. The van der Waals surface area contributed by atoms with E-state index in [1.54, 1.807) is 19.2 Å². The van der Waals surface area contributed by atoms with Gasteiger partial charge in [-0.1, -0.05) is 11.6 Å². The number of amides is 1. The van der Waals surface area contributed by atoms with Gasteiger partial charge in [0, 0.05) is 18.9 Å². The first-order valence-electron chi connectivity index (χ1n) is 9.78. The zero-order valence-electron chi connectivity index (χ0n) is 17.7. The van der Waals surface area contributed by atoms with Gasteiger partial charge in [0.25, 0.3) is 5.91 Å². The van der Waals surface area contributed by atoms with Gasteiger partial charge in [-0.15, -0.1) is 4.80 Å². The van der Waals surface area contributed by atoms with Gasteiger partial charge in [-0.2, -0.15) is 10.2 Å². The maximum Gasteiger partial charge on any atom is 0.258 e. The van der Waals surface area contributed by atoms with Gasteiger partial charge in [-0.05, 0) is 42.3 Å². The van der Waals surface area contributed by atoms with Crippen molar-refractivity contribution in [1.82, 2.24) is 25.0 Å². The van der Waals surface area contributed by atoms with Crippen LogP contribution < -0.4 is 11.1 Å². The molecule has 0 bridgehead atoms. The van der Waals surface area contributed by atoms with Crippen LogP contribution in [0.1, 0.15) is 28.9 Å². The number of nitrogens with zero attached hydrogens (tertiary/aromatic N) is 5. The fraction of sp³-hybridized carbons (Fsp3) is 0.136. The van der Waals surface area contributed by atoms with Crippen LogP contribution >= 0.6 is 11.6 Å². The lowest BCUT2D eigenvalue weighted by Gasteiger charge is -2.18. The Morgan fingerprint density at radius 3 is 2.61 bits per heavy atom. The Balaban J connectivity index is 1.68.